The lowest BCUT2D eigenvalue weighted by Crippen LogP contribution is -2.35. The second kappa shape index (κ2) is 5.12. The molecule has 0 spiro atoms. The number of carbonyl (C=O) groups excluding carboxylic acids is 1. The Kier molecular flexibility index (Phi) is 3.42. The summed E-state index contributed by atoms with van der Waals surface area (Å²) in [5.41, 5.74) is 0.631. The number of amides is 1. The molecule has 1 aliphatic heterocycles. The van der Waals surface area contributed by atoms with Gasteiger partial charge in [-0.3, -0.25) is 4.79 Å². The van der Waals surface area contributed by atoms with Crippen molar-refractivity contribution in [2.24, 2.45) is 0 Å². The number of aryl methyl sites for hydroxylation is 1. The van der Waals surface area contributed by atoms with E-state index in [1.165, 1.54) is 17.4 Å². The van der Waals surface area contributed by atoms with Crippen molar-refractivity contribution in [3.05, 3.63) is 46.6 Å². The van der Waals surface area contributed by atoms with Crippen LogP contribution in [0.1, 0.15) is 15.4 Å². The van der Waals surface area contributed by atoms with Crippen molar-refractivity contribution in [2.75, 3.05) is 5.75 Å². The van der Waals surface area contributed by atoms with Gasteiger partial charge in [0.05, 0.1) is 17.5 Å². The van der Waals surface area contributed by atoms with Gasteiger partial charge in [0.15, 0.2) is 15.0 Å². The molecule has 2 aromatic heterocycles. The predicted molar refractivity (Wildman–Crippen MR) is 80.4 cm³/mol. The van der Waals surface area contributed by atoms with Crippen molar-refractivity contribution >= 4 is 27.1 Å². The van der Waals surface area contributed by atoms with Crippen LogP contribution >= 0.6 is 11.3 Å². The third-order valence-corrected chi connectivity index (χ3v) is 5.63. The molecule has 0 fully saturated rings. The predicted octanol–water partition coefficient (Wildman–Crippen LogP) is 1.28. The molecule has 0 aliphatic carbocycles. The smallest absolute Gasteiger partial charge is 0.263 e. The highest BCUT2D eigenvalue weighted by Crippen LogP contribution is 2.22. The van der Waals surface area contributed by atoms with E-state index in [-0.39, 0.29) is 11.7 Å². The molecule has 0 bridgehead atoms. The fourth-order valence-corrected chi connectivity index (χ4v) is 4.24. The van der Waals surface area contributed by atoms with Crippen molar-refractivity contribution in [3.63, 3.8) is 0 Å². The van der Waals surface area contributed by atoms with E-state index in [0.29, 0.717) is 15.7 Å². The SMILES string of the molecule is Cc1nc(-n2cccc2)sc1C(=O)N[C@H]1C=CS(=O)(=O)C1. The molecule has 110 valence electrons. The second-order valence-corrected chi connectivity index (χ2v) is 7.65. The highest BCUT2D eigenvalue weighted by Gasteiger charge is 2.25. The zero-order chi connectivity index (χ0) is 15.0. The van der Waals surface area contributed by atoms with E-state index in [4.69, 9.17) is 0 Å². The number of carbonyl (C=O) groups is 1. The maximum absolute atomic E-state index is 12.2. The van der Waals surface area contributed by atoms with Crippen LogP contribution < -0.4 is 5.32 Å². The minimum absolute atomic E-state index is 0.0823. The Hall–Kier alpha value is -1.93. The summed E-state index contributed by atoms with van der Waals surface area (Å²) in [6, 6.07) is 3.29. The van der Waals surface area contributed by atoms with Gasteiger partial charge in [0.1, 0.15) is 4.88 Å². The molecule has 0 aromatic carbocycles. The van der Waals surface area contributed by atoms with Crippen LogP contribution in [-0.2, 0) is 9.84 Å². The lowest BCUT2D eigenvalue weighted by Gasteiger charge is -2.08. The van der Waals surface area contributed by atoms with E-state index in [0.717, 1.165) is 5.41 Å². The van der Waals surface area contributed by atoms with Gasteiger partial charge >= 0.3 is 0 Å². The zero-order valence-electron chi connectivity index (χ0n) is 11.2. The van der Waals surface area contributed by atoms with Gasteiger partial charge in [0.2, 0.25) is 0 Å². The van der Waals surface area contributed by atoms with Gasteiger partial charge in [0, 0.05) is 17.8 Å². The van der Waals surface area contributed by atoms with Crippen molar-refractivity contribution in [2.45, 2.75) is 13.0 Å². The maximum Gasteiger partial charge on any atom is 0.263 e. The number of rotatable bonds is 3. The maximum atomic E-state index is 12.2. The Labute approximate surface area is 126 Å². The van der Waals surface area contributed by atoms with E-state index in [1.54, 1.807) is 6.92 Å². The summed E-state index contributed by atoms with van der Waals surface area (Å²) in [5.74, 6) is -0.378. The summed E-state index contributed by atoms with van der Waals surface area (Å²) >= 11 is 1.27. The zero-order valence-corrected chi connectivity index (χ0v) is 12.8. The molecular formula is C13H13N3O3S2. The van der Waals surface area contributed by atoms with E-state index in [2.05, 4.69) is 10.3 Å². The summed E-state index contributed by atoms with van der Waals surface area (Å²) in [7, 11) is -3.18. The summed E-state index contributed by atoms with van der Waals surface area (Å²) < 4.78 is 24.5. The summed E-state index contributed by atoms with van der Waals surface area (Å²) in [6.45, 7) is 1.76. The molecule has 6 nitrogen and oxygen atoms in total. The Morgan fingerprint density at radius 2 is 2.14 bits per heavy atom. The van der Waals surface area contributed by atoms with Crippen molar-refractivity contribution in [1.29, 1.82) is 0 Å². The first kappa shape index (κ1) is 14.0. The average Bonchev–Trinajstić information content (AvgIpc) is 3.09. The first-order valence-electron chi connectivity index (χ1n) is 6.27. The van der Waals surface area contributed by atoms with Crippen LogP contribution in [0.5, 0.6) is 0 Å². The monoisotopic (exact) mass is 323 g/mol. The fraction of sp³-hybridized carbons (Fsp3) is 0.231. The van der Waals surface area contributed by atoms with Gasteiger partial charge in [-0.25, -0.2) is 13.4 Å². The van der Waals surface area contributed by atoms with Crippen LogP contribution in [-0.4, -0.2) is 35.7 Å². The van der Waals surface area contributed by atoms with Crippen LogP contribution in [0, 0.1) is 6.92 Å². The normalized spacial score (nSPS) is 19.8. The third kappa shape index (κ3) is 2.91. The number of nitrogens with zero attached hydrogens (tertiary/aromatic N) is 2. The number of sulfone groups is 1. The highest BCUT2D eigenvalue weighted by atomic mass is 32.2. The second-order valence-electron chi connectivity index (χ2n) is 4.74. The number of aromatic nitrogens is 2. The fourth-order valence-electron chi connectivity index (χ4n) is 2.06. The van der Waals surface area contributed by atoms with Gasteiger partial charge < -0.3 is 9.88 Å². The van der Waals surface area contributed by atoms with Gasteiger partial charge in [-0.15, -0.1) is 0 Å². The molecule has 0 radical (unpaired) electrons. The molecule has 3 rings (SSSR count). The molecule has 1 aliphatic rings. The molecule has 0 saturated carbocycles. The molecule has 1 atom stereocenters. The Balaban J connectivity index is 1.78. The minimum Gasteiger partial charge on any atom is -0.344 e. The number of hydrogen-bond donors (Lipinski definition) is 1. The number of hydrogen-bond acceptors (Lipinski definition) is 5. The molecule has 0 unspecified atom stereocenters. The van der Waals surface area contributed by atoms with Crippen LogP contribution in [0.4, 0.5) is 0 Å². The average molecular weight is 323 g/mol. The van der Waals surface area contributed by atoms with E-state index >= 15 is 0 Å². The van der Waals surface area contributed by atoms with Crippen LogP contribution in [0.15, 0.2) is 36.0 Å². The lowest BCUT2D eigenvalue weighted by atomic mass is 10.3. The minimum atomic E-state index is -3.18. The van der Waals surface area contributed by atoms with E-state index < -0.39 is 15.9 Å². The summed E-state index contributed by atoms with van der Waals surface area (Å²) in [6.07, 6.45) is 5.20. The number of nitrogens with one attached hydrogen (secondary N) is 1. The largest absolute Gasteiger partial charge is 0.344 e. The molecule has 0 saturated heterocycles. The molecule has 2 aromatic rings. The van der Waals surface area contributed by atoms with Gasteiger partial charge in [-0.2, -0.15) is 0 Å². The molecular weight excluding hydrogens is 310 g/mol. The standard InChI is InChI=1S/C13H13N3O3S2/c1-9-11(20-13(14-9)16-5-2-3-6-16)12(17)15-10-4-7-21(18,19)8-10/h2-7,10H,8H2,1H3,(H,15,17)/t10-/m0/s1. The third-order valence-electron chi connectivity index (χ3n) is 3.06. The summed E-state index contributed by atoms with van der Waals surface area (Å²) in [4.78, 5) is 17.1. The molecule has 8 heteroatoms. The van der Waals surface area contributed by atoms with E-state index in [9.17, 15) is 13.2 Å². The van der Waals surface area contributed by atoms with Gasteiger partial charge in [-0.1, -0.05) is 11.3 Å². The quantitative estimate of drug-likeness (QED) is 0.922. The summed E-state index contributed by atoms with van der Waals surface area (Å²) in [5, 5.41) is 4.55. The highest BCUT2D eigenvalue weighted by molar-refractivity contribution is 7.94. The van der Waals surface area contributed by atoms with Gasteiger partial charge in [-0.05, 0) is 25.1 Å². The Morgan fingerprint density at radius 1 is 1.43 bits per heavy atom. The van der Waals surface area contributed by atoms with Crippen molar-refractivity contribution in [3.8, 4) is 5.13 Å². The lowest BCUT2D eigenvalue weighted by molar-refractivity contribution is 0.0951. The molecule has 3 heterocycles. The molecule has 21 heavy (non-hydrogen) atoms. The molecule has 1 amide bonds. The van der Waals surface area contributed by atoms with Crippen molar-refractivity contribution < 1.29 is 13.2 Å². The van der Waals surface area contributed by atoms with Crippen LogP contribution in [0.2, 0.25) is 0 Å². The first-order valence-corrected chi connectivity index (χ1v) is 8.80. The number of thiazole rings is 1. The topological polar surface area (TPSA) is 81.1 Å². The first-order chi connectivity index (χ1) is 9.94. The van der Waals surface area contributed by atoms with E-state index in [1.807, 2.05) is 29.1 Å². The Morgan fingerprint density at radius 3 is 2.76 bits per heavy atom. The Bertz CT molecular complexity index is 804. The molecule has 1 N–H and O–H groups in total. The van der Waals surface area contributed by atoms with Crippen LogP contribution in [0.3, 0.4) is 0 Å². The van der Waals surface area contributed by atoms with Crippen molar-refractivity contribution in [1.82, 2.24) is 14.9 Å². The van der Waals surface area contributed by atoms with Crippen LogP contribution in [0.25, 0.3) is 5.13 Å². The van der Waals surface area contributed by atoms with Gasteiger partial charge in [0.25, 0.3) is 5.91 Å².